The van der Waals surface area contributed by atoms with Crippen molar-refractivity contribution in [2.75, 3.05) is 4.90 Å². The van der Waals surface area contributed by atoms with Crippen molar-refractivity contribution in [3.8, 4) is 33.8 Å². The van der Waals surface area contributed by atoms with Crippen LogP contribution in [0.2, 0.25) is 0 Å². The summed E-state index contributed by atoms with van der Waals surface area (Å²) in [6.45, 7) is 0. The van der Waals surface area contributed by atoms with Gasteiger partial charge in [0.05, 0.1) is 11.1 Å². The molecule has 212 valence electrons. The molecule has 9 rings (SSSR count). The number of rotatable bonds is 4. The van der Waals surface area contributed by atoms with E-state index in [1.807, 2.05) is 0 Å². The van der Waals surface area contributed by atoms with Gasteiger partial charge in [-0.3, -0.25) is 0 Å². The Morgan fingerprint density at radius 2 is 0.933 bits per heavy atom. The second-order valence-electron chi connectivity index (χ2n) is 11.7. The molecule has 45 heavy (non-hydrogen) atoms. The predicted molar refractivity (Wildman–Crippen MR) is 184 cm³/mol. The summed E-state index contributed by atoms with van der Waals surface area (Å²) in [5, 5.41) is 0. The summed E-state index contributed by atoms with van der Waals surface area (Å²) in [5.74, 6) is 1.76. The first-order chi connectivity index (χ1) is 22.3. The van der Waals surface area contributed by atoms with Gasteiger partial charge in [0.15, 0.2) is 5.75 Å². The van der Waals surface area contributed by atoms with Crippen molar-refractivity contribution in [1.29, 1.82) is 0 Å². The van der Waals surface area contributed by atoms with Gasteiger partial charge in [0, 0.05) is 22.5 Å². The fourth-order valence-corrected chi connectivity index (χ4v) is 7.50. The van der Waals surface area contributed by atoms with Crippen molar-refractivity contribution >= 4 is 17.1 Å². The van der Waals surface area contributed by atoms with E-state index in [-0.39, 0.29) is 0 Å². The molecule has 0 fully saturated rings. The summed E-state index contributed by atoms with van der Waals surface area (Å²) in [6, 6.07) is 62.9. The minimum Gasteiger partial charge on any atom is -0.454 e. The molecule has 1 heterocycles. The van der Waals surface area contributed by atoms with E-state index in [0.717, 1.165) is 34.1 Å². The summed E-state index contributed by atoms with van der Waals surface area (Å²) >= 11 is 0. The van der Waals surface area contributed by atoms with Gasteiger partial charge >= 0.3 is 0 Å². The molecule has 0 aromatic heterocycles. The van der Waals surface area contributed by atoms with Gasteiger partial charge in [-0.15, -0.1) is 0 Å². The molecule has 2 nitrogen and oxygen atoms in total. The lowest BCUT2D eigenvalue weighted by atomic mass is 9.66. The number of hydrogen-bond acceptors (Lipinski definition) is 2. The quantitative estimate of drug-likeness (QED) is 0.207. The van der Waals surface area contributed by atoms with Crippen LogP contribution in [0.4, 0.5) is 17.1 Å². The Morgan fingerprint density at radius 3 is 1.67 bits per heavy atom. The van der Waals surface area contributed by atoms with Gasteiger partial charge in [-0.1, -0.05) is 140 Å². The van der Waals surface area contributed by atoms with Crippen LogP contribution >= 0.6 is 0 Å². The van der Waals surface area contributed by atoms with E-state index in [2.05, 4.69) is 181 Å². The van der Waals surface area contributed by atoms with Crippen LogP contribution in [0.25, 0.3) is 22.3 Å². The van der Waals surface area contributed by atoms with Crippen LogP contribution in [0.5, 0.6) is 11.5 Å². The monoisotopic (exact) mass is 575 g/mol. The number of ether oxygens (including phenoxy) is 1. The first-order valence-corrected chi connectivity index (χ1v) is 15.4. The van der Waals surface area contributed by atoms with E-state index < -0.39 is 5.41 Å². The maximum Gasteiger partial charge on any atom is 0.156 e. The summed E-state index contributed by atoms with van der Waals surface area (Å²) in [4.78, 5) is 2.33. The largest absolute Gasteiger partial charge is 0.454 e. The zero-order valence-corrected chi connectivity index (χ0v) is 24.6. The van der Waals surface area contributed by atoms with Crippen LogP contribution in [-0.2, 0) is 5.41 Å². The van der Waals surface area contributed by atoms with E-state index in [1.54, 1.807) is 0 Å². The number of benzene rings is 7. The summed E-state index contributed by atoms with van der Waals surface area (Å²) in [7, 11) is 0. The Labute approximate surface area is 263 Å². The predicted octanol–water partition coefficient (Wildman–Crippen LogP) is 11.3. The molecule has 0 N–H and O–H groups in total. The zero-order chi connectivity index (χ0) is 29.8. The molecule has 0 saturated heterocycles. The molecular formula is C43H29NO. The Morgan fingerprint density at radius 1 is 0.400 bits per heavy atom. The highest BCUT2D eigenvalue weighted by atomic mass is 16.5. The molecule has 1 aliphatic heterocycles. The van der Waals surface area contributed by atoms with Gasteiger partial charge in [-0.25, -0.2) is 0 Å². The molecule has 2 heteroatoms. The molecule has 0 saturated carbocycles. The Bertz CT molecular complexity index is 2160. The third-order valence-corrected chi connectivity index (χ3v) is 9.32. The van der Waals surface area contributed by atoms with Gasteiger partial charge in [0.1, 0.15) is 5.75 Å². The molecule has 7 aromatic rings. The molecular weight excluding hydrogens is 546 g/mol. The highest BCUT2D eigenvalue weighted by Crippen LogP contribution is 2.63. The normalized spacial score (nSPS) is 13.2. The third kappa shape index (κ3) is 3.76. The fourth-order valence-electron chi connectivity index (χ4n) is 7.50. The van der Waals surface area contributed by atoms with E-state index in [0.29, 0.717) is 0 Å². The van der Waals surface area contributed by atoms with Gasteiger partial charge in [-0.05, 0) is 69.8 Å². The van der Waals surface area contributed by atoms with Crippen molar-refractivity contribution in [2.24, 2.45) is 0 Å². The van der Waals surface area contributed by atoms with Crippen LogP contribution < -0.4 is 9.64 Å². The molecule has 1 aliphatic carbocycles. The minimum absolute atomic E-state index is 0.512. The molecule has 0 amide bonds. The molecule has 0 atom stereocenters. The lowest BCUT2D eigenvalue weighted by Gasteiger charge is -2.41. The van der Waals surface area contributed by atoms with Crippen molar-refractivity contribution in [1.82, 2.24) is 0 Å². The van der Waals surface area contributed by atoms with Crippen LogP contribution in [0, 0.1) is 0 Å². The van der Waals surface area contributed by atoms with Crippen LogP contribution in [0.15, 0.2) is 176 Å². The van der Waals surface area contributed by atoms with Gasteiger partial charge < -0.3 is 9.64 Å². The van der Waals surface area contributed by atoms with E-state index in [1.165, 1.54) is 38.9 Å². The number of para-hydroxylation sites is 3. The van der Waals surface area contributed by atoms with E-state index in [4.69, 9.17) is 4.74 Å². The van der Waals surface area contributed by atoms with Crippen molar-refractivity contribution < 1.29 is 4.74 Å². The van der Waals surface area contributed by atoms with Crippen molar-refractivity contribution in [3.05, 3.63) is 198 Å². The topological polar surface area (TPSA) is 12.5 Å². The molecule has 0 bridgehead atoms. The van der Waals surface area contributed by atoms with Crippen molar-refractivity contribution in [2.45, 2.75) is 5.41 Å². The maximum absolute atomic E-state index is 7.02. The zero-order valence-electron chi connectivity index (χ0n) is 24.6. The van der Waals surface area contributed by atoms with Gasteiger partial charge in [0.25, 0.3) is 0 Å². The summed E-state index contributed by atoms with van der Waals surface area (Å²) in [6.07, 6.45) is 0. The van der Waals surface area contributed by atoms with Crippen LogP contribution in [0.3, 0.4) is 0 Å². The standard InChI is InChI=1S/C43H29NO/c1-3-15-30(16-4-1)31-17-13-20-33(29-31)44(32-18-5-2-6-19-32)40-27-14-26-39-42(40)45-41-28-12-11-25-38(41)43(39)36-23-9-7-21-34(36)35-22-8-10-24-37(35)43/h1-29H. The highest BCUT2D eigenvalue weighted by Gasteiger charge is 2.51. The number of hydrogen-bond donors (Lipinski definition) is 0. The Hall–Kier alpha value is -5.86. The first kappa shape index (κ1) is 25.6. The lowest BCUT2D eigenvalue weighted by Crippen LogP contribution is -2.32. The Balaban J connectivity index is 1.34. The average molecular weight is 576 g/mol. The van der Waals surface area contributed by atoms with Gasteiger partial charge in [0.2, 0.25) is 0 Å². The lowest BCUT2D eigenvalue weighted by molar-refractivity contribution is 0.437. The third-order valence-electron chi connectivity index (χ3n) is 9.32. The van der Waals surface area contributed by atoms with Crippen molar-refractivity contribution in [3.63, 3.8) is 0 Å². The molecule has 0 radical (unpaired) electrons. The smallest absolute Gasteiger partial charge is 0.156 e. The highest BCUT2D eigenvalue weighted by molar-refractivity contribution is 5.91. The molecule has 7 aromatic carbocycles. The molecule has 2 aliphatic rings. The fraction of sp³-hybridized carbons (Fsp3) is 0.0233. The SMILES string of the molecule is c1ccc(-c2cccc(N(c3ccccc3)c3cccc4c3Oc3ccccc3C43c4ccccc4-c4ccccc43)c2)cc1. The second-order valence-corrected chi connectivity index (χ2v) is 11.7. The number of fused-ring (bicyclic) bond motifs is 9. The van der Waals surface area contributed by atoms with Gasteiger partial charge in [-0.2, -0.15) is 0 Å². The summed E-state index contributed by atoms with van der Waals surface area (Å²) in [5.41, 5.74) is 12.4. The van der Waals surface area contributed by atoms with E-state index in [9.17, 15) is 0 Å². The minimum atomic E-state index is -0.512. The van der Waals surface area contributed by atoms with E-state index >= 15 is 0 Å². The molecule has 0 unspecified atom stereocenters. The first-order valence-electron chi connectivity index (χ1n) is 15.4. The Kier molecular flexibility index (Phi) is 5.76. The van der Waals surface area contributed by atoms with Crippen LogP contribution in [-0.4, -0.2) is 0 Å². The molecule has 1 spiro atoms. The second kappa shape index (κ2) is 10.1. The number of anilines is 3. The maximum atomic E-state index is 7.02. The van der Waals surface area contributed by atoms with Crippen LogP contribution in [0.1, 0.15) is 22.3 Å². The number of nitrogens with zero attached hydrogens (tertiary/aromatic N) is 1. The average Bonchev–Trinajstić information content (AvgIpc) is 3.41. The summed E-state index contributed by atoms with van der Waals surface area (Å²) < 4.78 is 7.02.